The van der Waals surface area contributed by atoms with Crippen LogP contribution in [-0.4, -0.2) is 36.8 Å². The van der Waals surface area contributed by atoms with Crippen molar-refractivity contribution in [3.8, 4) is 6.07 Å². The van der Waals surface area contributed by atoms with Gasteiger partial charge in [-0.1, -0.05) is 29.8 Å². The summed E-state index contributed by atoms with van der Waals surface area (Å²) in [5.41, 5.74) is 1.18. The molecule has 0 aliphatic carbocycles. The summed E-state index contributed by atoms with van der Waals surface area (Å²) in [6, 6.07) is 21.0. The quantitative estimate of drug-likeness (QED) is 0.364. The van der Waals surface area contributed by atoms with E-state index in [4.69, 9.17) is 21.6 Å². The first-order valence-corrected chi connectivity index (χ1v) is 11.0. The van der Waals surface area contributed by atoms with Gasteiger partial charge in [0.25, 0.3) is 17.7 Å². The highest BCUT2D eigenvalue weighted by Gasteiger charge is 2.37. The van der Waals surface area contributed by atoms with E-state index in [1.165, 1.54) is 23.1 Å². The summed E-state index contributed by atoms with van der Waals surface area (Å²) in [7, 11) is 0. The maximum Gasteiger partial charge on any atom is 0.338 e. The number of carbonyl (C=O) groups excluding carboxylic acids is 4. The molecule has 1 aliphatic rings. The van der Waals surface area contributed by atoms with Crippen LogP contribution in [0.15, 0.2) is 72.8 Å². The number of hydrogen-bond acceptors (Lipinski definition) is 6. The minimum absolute atomic E-state index is 0.0268. The lowest BCUT2D eigenvalue weighted by molar-refractivity contribution is -0.121. The van der Waals surface area contributed by atoms with E-state index in [1.54, 1.807) is 54.6 Å². The van der Waals surface area contributed by atoms with Crippen LogP contribution in [0.4, 0.5) is 11.4 Å². The predicted octanol–water partition coefficient (Wildman–Crippen LogP) is 4.24. The zero-order valence-corrected chi connectivity index (χ0v) is 19.1. The average molecular weight is 488 g/mol. The number of hydrogen-bond donors (Lipinski definition) is 0. The van der Waals surface area contributed by atoms with Crippen LogP contribution in [0.5, 0.6) is 0 Å². The number of esters is 1. The van der Waals surface area contributed by atoms with Gasteiger partial charge in [0.2, 0.25) is 0 Å². The van der Waals surface area contributed by atoms with Gasteiger partial charge in [0, 0.05) is 17.3 Å². The number of fused-ring (bicyclic) bond motifs is 1. The Balaban J connectivity index is 1.48. The molecule has 174 valence electrons. The fraction of sp³-hybridized carbons (Fsp3) is 0.115. The molecular formula is C26H18ClN3O5. The number of nitrogens with zero attached hydrogens (tertiary/aromatic N) is 3. The third kappa shape index (κ3) is 4.90. The van der Waals surface area contributed by atoms with Gasteiger partial charge in [0.15, 0.2) is 6.61 Å². The molecule has 0 N–H and O–H groups in total. The molecule has 0 radical (unpaired) electrons. The number of anilines is 2. The molecule has 8 nitrogen and oxygen atoms in total. The first kappa shape index (κ1) is 23.7. The van der Waals surface area contributed by atoms with E-state index in [0.717, 1.165) is 4.90 Å². The Morgan fingerprint density at radius 2 is 1.63 bits per heavy atom. The molecule has 0 spiro atoms. The molecule has 1 heterocycles. The van der Waals surface area contributed by atoms with Crippen molar-refractivity contribution >= 4 is 46.7 Å². The van der Waals surface area contributed by atoms with Gasteiger partial charge >= 0.3 is 5.97 Å². The van der Waals surface area contributed by atoms with Gasteiger partial charge < -0.3 is 9.64 Å². The Bertz CT molecular complexity index is 1350. The standard InChI is InChI=1S/C26H18ClN3O5/c27-18-8-10-20(11-9-18)30-24(32)21-12-7-17(15-22(21)25(30)33)26(34)35-16-23(31)29(14-4-13-28)19-5-2-1-3-6-19/h1-3,5-12,15H,4,14,16H2. The zero-order chi connectivity index (χ0) is 24.9. The van der Waals surface area contributed by atoms with Gasteiger partial charge in [-0.3, -0.25) is 14.4 Å². The number of rotatable bonds is 7. The number of ether oxygens (including phenoxy) is 1. The Labute approximate surface area is 205 Å². The van der Waals surface area contributed by atoms with Gasteiger partial charge in [0.1, 0.15) is 0 Å². The van der Waals surface area contributed by atoms with Gasteiger partial charge in [-0.15, -0.1) is 0 Å². The van der Waals surface area contributed by atoms with Crippen molar-refractivity contribution in [3.63, 3.8) is 0 Å². The normalized spacial score (nSPS) is 12.2. The van der Waals surface area contributed by atoms with Gasteiger partial charge in [-0.2, -0.15) is 5.26 Å². The Kier molecular flexibility index (Phi) is 6.90. The second kappa shape index (κ2) is 10.2. The van der Waals surface area contributed by atoms with Crippen LogP contribution in [0.1, 0.15) is 37.5 Å². The van der Waals surface area contributed by atoms with Crippen LogP contribution in [0.25, 0.3) is 0 Å². The van der Waals surface area contributed by atoms with Crippen LogP contribution in [-0.2, 0) is 9.53 Å². The fourth-order valence-electron chi connectivity index (χ4n) is 3.65. The van der Waals surface area contributed by atoms with E-state index in [0.29, 0.717) is 16.4 Å². The number of amides is 3. The van der Waals surface area contributed by atoms with Crippen molar-refractivity contribution in [2.45, 2.75) is 6.42 Å². The van der Waals surface area contributed by atoms with Crippen LogP contribution in [0.3, 0.4) is 0 Å². The van der Waals surface area contributed by atoms with E-state index in [1.807, 2.05) is 6.07 Å². The summed E-state index contributed by atoms with van der Waals surface area (Å²) in [6.07, 6.45) is 0.111. The van der Waals surface area contributed by atoms with Gasteiger partial charge in [0.05, 0.1) is 34.9 Å². The summed E-state index contributed by atoms with van der Waals surface area (Å²) < 4.78 is 5.18. The maximum atomic E-state index is 12.9. The first-order valence-electron chi connectivity index (χ1n) is 10.6. The monoisotopic (exact) mass is 487 g/mol. The smallest absolute Gasteiger partial charge is 0.338 e. The molecule has 3 aromatic carbocycles. The van der Waals surface area contributed by atoms with Crippen LogP contribution in [0, 0.1) is 11.3 Å². The molecule has 3 aromatic rings. The maximum absolute atomic E-state index is 12.9. The van der Waals surface area contributed by atoms with Crippen LogP contribution >= 0.6 is 11.6 Å². The van der Waals surface area contributed by atoms with Crippen LogP contribution < -0.4 is 9.80 Å². The molecule has 0 aromatic heterocycles. The third-order valence-corrected chi connectivity index (χ3v) is 5.60. The number of halogens is 1. The highest BCUT2D eigenvalue weighted by atomic mass is 35.5. The van der Waals surface area contributed by atoms with Crippen molar-refractivity contribution < 1.29 is 23.9 Å². The van der Waals surface area contributed by atoms with Crippen molar-refractivity contribution in [3.05, 3.63) is 94.5 Å². The Morgan fingerprint density at radius 3 is 2.31 bits per heavy atom. The zero-order valence-electron chi connectivity index (χ0n) is 18.3. The van der Waals surface area contributed by atoms with Gasteiger partial charge in [-0.05, 0) is 54.6 Å². The Hall–Kier alpha value is -4.48. The first-order chi connectivity index (χ1) is 16.9. The van der Waals surface area contributed by atoms with Crippen molar-refractivity contribution in [2.75, 3.05) is 23.0 Å². The largest absolute Gasteiger partial charge is 0.452 e. The van der Waals surface area contributed by atoms with Crippen molar-refractivity contribution in [1.29, 1.82) is 5.26 Å². The highest BCUT2D eigenvalue weighted by molar-refractivity contribution is 6.35. The van der Waals surface area contributed by atoms with Crippen molar-refractivity contribution in [1.82, 2.24) is 0 Å². The molecular weight excluding hydrogens is 470 g/mol. The lowest BCUT2D eigenvalue weighted by Crippen LogP contribution is -2.35. The topological polar surface area (TPSA) is 108 Å². The molecule has 0 saturated heterocycles. The lowest BCUT2D eigenvalue weighted by Gasteiger charge is -2.21. The molecule has 0 saturated carbocycles. The average Bonchev–Trinajstić information content (AvgIpc) is 3.13. The number of carbonyl (C=O) groups is 4. The Morgan fingerprint density at radius 1 is 0.943 bits per heavy atom. The molecule has 1 aliphatic heterocycles. The minimum Gasteiger partial charge on any atom is -0.452 e. The van der Waals surface area contributed by atoms with E-state index in [-0.39, 0.29) is 29.7 Å². The summed E-state index contributed by atoms with van der Waals surface area (Å²) in [5.74, 6) is -2.41. The van der Waals surface area contributed by atoms with Crippen LogP contribution in [0.2, 0.25) is 5.02 Å². The lowest BCUT2D eigenvalue weighted by atomic mass is 10.1. The highest BCUT2D eigenvalue weighted by Crippen LogP contribution is 2.30. The van der Waals surface area contributed by atoms with E-state index < -0.39 is 30.3 Å². The third-order valence-electron chi connectivity index (χ3n) is 5.35. The number of para-hydroxylation sites is 1. The van der Waals surface area contributed by atoms with Gasteiger partial charge in [-0.25, -0.2) is 9.69 Å². The molecule has 0 fully saturated rings. The second-order valence-electron chi connectivity index (χ2n) is 7.55. The molecule has 3 amide bonds. The SMILES string of the molecule is N#CCCN(C(=O)COC(=O)c1ccc2c(c1)C(=O)N(c1ccc(Cl)cc1)C2=O)c1ccccc1. The van der Waals surface area contributed by atoms with Crippen molar-refractivity contribution in [2.24, 2.45) is 0 Å². The summed E-state index contributed by atoms with van der Waals surface area (Å²) in [4.78, 5) is 53.4. The molecule has 4 rings (SSSR count). The molecule has 0 unspecified atom stereocenters. The summed E-state index contributed by atoms with van der Waals surface area (Å²) in [5, 5.41) is 9.36. The molecule has 9 heteroatoms. The van der Waals surface area contributed by atoms with E-state index >= 15 is 0 Å². The number of nitriles is 1. The predicted molar refractivity (Wildman–Crippen MR) is 128 cm³/mol. The molecule has 35 heavy (non-hydrogen) atoms. The summed E-state index contributed by atoms with van der Waals surface area (Å²) >= 11 is 5.89. The van der Waals surface area contributed by atoms with E-state index in [9.17, 15) is 19.2 Å². The van der Waals surface area contributed by atoms with E-state index in [2.05, 4.69) is 0 Å². The summed E-state index contributed by atoms with van der Waals surface area (Å²) in [6.45, 7) is -0.410. The molecule has 0 atom stereocenters. The minimum atomic E-state index is -0.820. The number of benzene rings is 3. The molecule has 0 bridgehead atoms. The fourth-order valence-corrected chi connectivity index (χ4v) is 3.77. The number of imide groups is 1. The second-order valence-corrected chi connectivity index (χ2v) is 7.98.